The van der Waals surface area contributed by atoms with E-state index >= 15 is 0 Å². The molecule has 0 saturated carbocycles. The molecular weight excluding hydrogens is 412 g/mol. The average Bonchev–Trinajstić information content (AvgIpc) is 3.01. The molecule has 31 heavy (non-hydrogen) atoms. The van der Waals surface area contributed by atoms with Crippen LogP contribution in [0.2, 0.25) is 5.02 Å². The van der Waals surface area contributed by atoms with E-state index in [-0.39, 0.29) is 11.3 Å². The first kappa shape index (κ1) is 20.8. The van der Waals surface area contributed by atoms with Crippen LogP contribution >= 0.6 is 11.6 Å². The number of amides is 1. The number of aliphatic hydroxyl groups excluding tert-OH is 1. The van der Waals surface area contributed by atoms with Gasteiger partial charge in [0.25, 0.3) is 11.7 Å². The second-order valence-electron chi connectivity index (χ2n) is 7.70. The first-order valence-electron chi connectivity index (χ1n) is 9.84. The number of ketones is 1. The molecule has 1 saturated heterocycles. The van der Waals surface area contributed by atoms with E-state index in [2.05, 4.69) is 4.98 Å². The number of hydrogen-bond donors (Lipinski definition) is 1. The SMILES string of the molecule is Cc1ccc(C)c(/C(O)=C2\C(=O)C(=O)N(c3ccc(Cl)cc3C)C2c2ccncc2)c1. The maximum Gasteiger partial charge on any atom is 0.300 e. The van der Waals surface area contributed by atoms with Gasteiger partial charge in [-0.15, -0.1) is 0 Å². The van der Waals surface area contributed by atoms with Crippen LogP contribution in [0.15, 0.2) is 66.5 Å². The fourth-order valence-electron chi connectivity index (χ4n) is 3.97. The van der Waals surface area contributed by atoms with Gasteiger partial charge in [0.2, 0.25) is 0 Å². The van der Waals surface area contributed by atoms with E-state index in [0.717, 1.165) is 16.7 Å². The number of aryl methyl sites for hydroxylation is 3. The Morgan fingerprint density at radius 2 is 1.68 bits per heavy atom. The summed E-state index contributed by atoms with van der Waals surface area (Å²) >= 11 is 6.11. The molecule has 0 spiro atoms. The minimum Gasteiger partial charge on any atom is -0.507 e. The van der Waals surface area contributed by atoms with Crippen LogP contribution in [0.3, 0.4) is 0 Å². The lowest BCUT2D eigenvalue weighted by Crippen LogP contribution is -2.30. The number of halogens is 1. The van der Waals surface area contributed by atoms with E-state index in [1.165, 1.54) is 4.90 Å². The highest BCUT2D eigenvalue weighted by Gasteiger charge is 2.47. The number of anilines is 1. The van der Waals surface area contributed by atoms with Crippen molar-refractivity contribution in [2.75, 3.05) is 4.90 Å². The number of carbonyl (C=O) groups excluding carboxylic acids is 2. The van der Waals surface area contributed by atoms with Gasteiger partial charge < -0.3 is 5.11 Å². The summed E-state index contributed by atoms with van der Waals surface area (Å²) in [5, 5.41) is 11.8. The normalized spacial score (nSPS) is 17.9. The number of pyridine rings is 1. The first-order valence-corrected chi connectivity index (χ1v) is 10.2. The Morgan fingerprint density at radius 3 is 2.35 bits per heavy atom. The minimum atomic E-state index is -0.789. The standard InChI is InChI=1S/C25H21ClN2O3/c1-14-4-5-15(2)19(12-14)23(29)21-22(17-8-10-27-11-9-17)28(25(31)24(21)30)20-7-6-18(26)13-16(20)3/h4-13,22,29H,1-3H3/b23-21+. The molecule has 6 heteroatoms. The summed E-state index contributed by atoms with van der Waals surface area (Å²) in [7, 11) is 0. The Hall–Kier alpha value is -3.44. The maximum absolute atomic E-state index is 13.2. The molecule has 1 fully saturated rings. The molecule has 5 nitrogen and oxygen atoms in total. The van der Waals surface area contributed by atoms with E-state index in [1.54, 1.807) is 42.7 Å². The third-order valence-electron chi connectivity index (χ3n) is 5.53. The third-order valence-corrected chi connectivity index (χ3v) is 5.77. The van der Waals surface area contributed by atoms with E-state index in [1.807, 2.05) is 39.0 Å². The smallest absolute Gasteiger partial charge is 0.300 e. The molecular formula is C25H21ClN2O3. The largest absolute Gasteiger partial charge is 0.507 e. The lowest BCUT2D eigenvalue weighted by Gasteiger charge is -2.27. The van der Waals surface area contributed by atoms with Crippen LogP contribution in [-0.2, 0) is 9.59 Å². The van der Waals surface area contributed by atoms with Crippen molar-refractivity contribution in [1.29, 1.82) is 0 Å². The number of nitrogens with zero attached hydrogens (tertiary/aromatic N) is 2. The maximum atomic E-state index is 13.2. The van der Waals surface area contributed by atoms with Crippen molar-refractivity contribution in [3.05, 3.63) is 99.3 Å². The number of carbonyl (C=O) groups is 2. The molecule has 3 aromatic rings. The van der Waals surface area contributed by atoms with E-state index in [4.69, 9.17) is 11.6 Å². The highest BCUT2D eigenvalue weighted by molar-refractivity contribution is 6.51. The average molecular weight is 433 g/mol. The third kappa shape index (κ3) is 3.62. The second-order valence-corrected chi connectivity index (χ2v) is 8.14. The van der Waals surface area contributed by atoms with Crippen molar-refractivity contribution in [3.8, 4) is 0 Å². The molecule has 1 aromatic heterocycles. The van der Waals surface area contributed by atoms with Gasteiger partial charge in [0, 0.05) is 28.7 Å². The molecule has 1 unspecified atom stereocenters. The zero-order chi connectivity index (χ0) is 22.3. The van der Waals surface area contributed by atoms with E-state index in [0.29, 0.717) is 21.8 Å². The number of Topliss-reactive ketones (excluding diaryl/α,β-unsaturated/α-hetero) is 1. The van der Waals surface area contributed by atoms with Gasteiger partial charge in [0.15, 0.2) is 0 Å². The zero-order valence-corrected chi connectivity index (χ0v) is 18.1. The van der Waals surface area contributed by atoms with Crippen molar-refractivity contribution >= 4 is 34.7 Å². The number of hydrogen-bond acceptors (Lipinski definition) is 4. The number of benzene rings is 2. The highest BCUT2D eigenvalue weighted by Crippen LogP contribution is 2.43. The van der Waals surface area contributed by atoms with Crippen molar-refractivity contribution in [2.24, 2.45) is 0 Å². The fraction of sp³-hybridized carbons (Fsp3) is 0.160. The van der Waals surface area contributed by atoms with Crippen LogP contribution in [0, 0.1) is 20.8 Å². The Morgan fingerprint density at radius 1 is 0.968 bits per heavy atom. The van der Waals surface area contributed by atoms with Crippen molar-refractivity contribution in [3.63, 3.8) is 0 Å². The van der Waals surface area contributed by atoms with Crippen LogP contribution < -0.4 is 4.90 Å². The van der Waals surface area contributed by atoms with Crippen molar-refractivity contribution in [2.45, 2.75) is 26.8 Å². The number of aliphatic hydroxyl groups is 1. The molecule has 1 N–H and O–H groups in total. The quantitative estimate of drug-likeness (QED) is 0.347. The van der Waals surface area contributed by atoms with Gasteiger partial charge in [0.1, 0.15) is 5.76 Å². The van der Waals surface area contributed by atoms with E-state index < -0.39 is 17.7 Å². The summed E-state index contributed by atoms with van der Waals surface area (Å²) < 4.78 is 0. The lowest BCUT2D eigenvalue weighted by molar-refractivity contribution is -0.132. The number of aromatic nitrogens is 1. The van der Waals surface area contributed by atoms with Gasteiger partial charge in [-0.05, 0) is 73.9 Å². The van der Waals surface area contributed by atoms with E-state index in [9.17, 15) is 14.7 Å². The molecule has 1 amide bonds. The highest BCUT2D eigenvalue weighted by atomic mass is 35.5. The Kier molecular flexibility index (Phi) is 5.38. The van der Waals surface area contributed by atoms with Crippen LogP contribution in [0.25, 0.3) is 5.76 Å². The van der Waals surface area contributed by atoms with Gasteiger partial charge >= 0.3 is 0 Å². The molecule has 1 atom stereocenters. The first-order chi connectivity index (χ1) is 14.8. The lowest BCUT2D eigenvalue weighted by atomic mass is 9.93. The van der Waals surface area contributed by atoms with Crippen LogP contribution in [0.5, 0.6) is 0 Å². The van der Waals surface area contributed by atoms with Gasteiger partial charge in [-0.1, -0.05) is 29.3 Å². The molecule has 0 aliphatic carbocycles. The fourth-order valence-corrected chi connectivity index (χ4v) is 4.19. The van der Waals surface area contributed by atoms with Crippen LogP contribution in [0.4, 0.5) is 5.69 Å². The van der Waals surface area contributed by atoms with Crippen LogP contribution in [0.1, 0.15) is 33.9 Å². The summed E-state index contributed by atoms with van der Waals surface area (Å²) in [5.41, 5.74) is 4.33. The topological polar surface area (TPSA) is 70.5 Å². The molecule has 4 rings (SSSR count). The van der Waals surface area contributed by atoms with Gasteiger partial charge in [-0.3, -0.25) is 19.5 Å². The van der Waals surface area contributed by atoms with Gasteiger partial charge in [-0.25, -0.2) is 0 Å². The summed E-state index contributed by atoms with van der Waals surface area (Å²) in [6.07, 6.45) is 3.20. The predicted molar refractivity (Wildman–Crippen MR) is 121 cm³/mol. The minimum absolute atomic E-state index is 0.0549. The van der Waals surface area contributed by atoms with Gasteiger partial charge in [-0.2, -0.15) is 0 Å². The molecule has 0 radical (unpaired) electrons. The monoisotopic (exact) mass is 432 g/mol. The number of rotatable bonds is 3. The second kappa shape index (κ2) is 8.00. The Bertz CT molecular complexity index is 1230. The Labute approximate surface area is 185 Å². The summed E-state index contributed by atoms with van der Waals surface area (Å²) in [4.78, 5) is 31.9. The summed E-state index contributed by atoms with van der Waals surface area (Å²) in [6, 6.07) is 13.5. The molecule has 1 aliphatic heterocycles. The molecule has 156 valence electrons. The van der Waals surface area contributed by atoms with Gasteiger partial charge in [0.05, 0.1) is 11.6 Å². The predicted octanol–water partition coefficient (Wildman–Crippen LogP) is 5.29. The molecule has 2 heterocycles. The van der Waals surface area contributed by atoms with Crippen molar-refractivity contribution in [1.82, 2.24) is 4.98 Å². The molecule has 0 bridgehead atoms. The Balaban J connectivity index is 2.00. The summed E-state index contributed by atoms with van der Waals surface area (Å²) in [5.74, 6) is -1.61. The van der Waals surface area contributed by atoms with Crippen molar-refractivity contribution < 1.29 is 14.7 Å². The summed E-state index contributed by atoms with van der Waals surface area (Å²) in [6.45, 7) is 5.59. The molecule has 1 aliphatic rings. The zero-order valence-electron chi connectivity index (χ0n) is 17.4. The van der Waals surface area contributed by atoms with Crippen LogP contribution in [-0.4, -0.2) is 21.8 Å². The molecule has 2 aromatic carbocycles.